The molecule has 2 N–H and O–H groups in total. The zero-order valence-electron chi connectivity index (χ0n) is 26.2. The predicted octanol–water partition coefficient (Wildman–Crippen LogP) is 3.79. The van der Waals surface area contributed by atoms with Crippen LogP contribution in [0.3, 0.4) is 0 Å². The van der Waals surface area contributed by atoms with Crippen LogP contribution in [0, 0.1) is 11.8 Å². The van der Waals surface area contributed by atoms with Crippen molar-refractivity contribution in [3.05, 3.63) is 58.6 Å². The molecule has 11 heteroatoms. The zero-order valence-corrected chi connectivity index (χ0v) is 27.8. The van der Waals surface area contributed by atoms with Crippen molar-refractivity contribution in [1.82, 2.24) is 15.1 Å². The Kier molecular flexibility index (Phi) is 10.5. The van der Waals surface area contributed by atoms with E-state index in [-0.39, 0.29) is 43.3 Å². The summed E-state index contributed by atoms with van der Waals surface area (Å²) in [5.41, 5.74) is -0.647. The Hall–Kier alpha value is -3.02. The Bertz CT molecular complexity index is 1340. The SMILES string of the molecule is CCCC(C)N1C/C=C\CCC(=O)N[C@H](C)[C@@H](c2ccccc2)OC(=O)[C@@H]2[C@H]3O[C@@]4(C=C3Br)[C@H](C1=O)N(CCCCO)C(=O)[C@@H]24. The van der Waals surface area contributed by atoms with Gasteiger partial charge in [0.05, 0.1) is 12.0 Å². The normalized spacial score (nSPS) is 33.5. The van der Waals surface area contributed by atoms with Gasteiger partial charge in [-0.25, -0.2) is 0 Å². The Morgan fingerprint density at radius 2 is 1.84 bits per heavy atom. The number of hydrogen-bond donors (Lipinski definition) is 2. The average molecular weight is 687 g/mol. The van der Waals surface area contributed by atoms with E-state index in [9.17, 15) is 24.3 Å². The molecule has 244 valence electrons. The second-order valence-electron chi connectivity index (χ2n) is 12.6. The number of cyclic esters (lactones) is 1. The lowest BCUT2D eigenvalue weighted by Gasteiger charge is -2.38. The topological polar surface area (TPSA) is 125 Å². The molecule has 8 atom stereocenters. The highest BCUT2D eigenvalue weighted by Gasteiger charge is 2.75. The number of benzene rings is 1. The molecular formula is C34H44BrN3O7. The molecule has 1 spiro atoms. The second-order valence-corrected chi connectivity index (χ2v) is 13.5. The first kappa shape index (κ1) is 33.3. The van der Waals surface area contributed by atoms with Crippen molar-refractivity contribution in [3.8, 4) is 0 Å². The maximum Gasteiger partial charge on any atom is 0.313 e. The van der Waals surface area contributed by atoms with Crippen molar-refractivity contribution in [1.29, 1.82) is 0 Å². The van der Waals surface area contributed by atoms with E-state index in [0.29, 0.717) is 35.9 Å². The fraction of sp³-hybridized carbons (Fsp3) is 0.588. The van der Waals surface area contributed by atoms with Crippen molar-refractivity contribution in [2.45, 2.75) is 95.2 Å². The summed E-state index contributed by atoms with van der Waals surface area (Å²) in [5, 5.41) is 12.5. The van der Waals surface area contributed by atoms with Crippen LogP contribution in [-0.2, 0) is 28.7 Å². The molecule has 4 heterocycles. The maximum absolute atomic E-state index is 14.7. The Labute approximate surface area is 273 Å². The van der Waals surface area contributed by atoms with Crippen molar-refractivity contribution < 1.29 is 33.8 Å². The number of aliphatic hydroxyl groups is 1. The minimum atomic E-state index is -1.36. The quantitative estimate of drug-likeness (QED) is 0.242. The number of amides is 3. The number of unbranched alkanes of at least 4 members (excludes halogenated alkanes) is 1. The summed E-state index contributed by atoms with van der Waals surface area (Å²) in [6, 6.07) is 7.55. The molecule has 2 saturated heterocycles. The zero-order chi connectivity index (χ0) is 32.3. The van der Waals surface area contributed by atoms with Crippen LogP contribution in [0.5, 0.6) is 0 Å². The molecule has 45 heavy (non-hydrogen) atoms. The van der Waals surface area contributed by atoms with E-state index in [1.807, 2.05) is 55.5 Å². The van der Waals surface area contributed by atoms with Crippen LogP contribution in [-0.4, -0.2) is 88.1 Å². The molecule has 2 fully saturated rings. The summed E-state index contributed by atoms with van der Waals surface area (Å²) >= 11 is 3.60. The van der Waals surface area contributed by atoms with Crippen molar-refractivity contribution >= 4 is 39.6 Å². The molecule has 4 aliphatic heterocycles. The number of rotatable bonds is 8. The summed E-state index contributed by atoms with van der Waals surface area (Å²) in [7, 11) is 0. The van der Waals surface area contributed by atoms with Crippen LogP contribution < -0.4 is 5.32 Å². The number of aliphatic hydroxyl groups excluding tert-OH is 1. The number of nitrogens with zero attached hydrogens (tertiary/aromatic N) is 2. The van der Waals surface area contributed by atoms with Crippen LogP contribution in [0.1, 0.15) is 71.0 Å². The number of halogens is 1. The van der Waals surface area contributed by atoms with Gasteiger partial charge in [0.15, 0.2) is 0 Å². The molecule has 1 aromatic rings. The number of carbonyl (C=O) groups excluding carboxylic acids is 4. The van der Waals surface area contributed by atoms with E-state index in [0.717, 1.165) is 12.8 Å². The summed E-state index contributed by atoms with van der Waals surface area (Å²) in [5.74, 6) is -3.34. The lowest BCUT2D eigenvalue weighted by molar-refractivity contribution is -0.161. The third kappa shape index (κ3) is 6.36. The minimum absolute atomic E-state index is 0.0335. The van der Waals surface area contributed by atoms with E-state index < -0.39 is 47.7 Å². The van der Waals surface area contributed by atoms with Crippen LogP contribution in [0.4, 0.5) is 0 Å². The van der Waals surface area contributed by atoms with Crippen LogP contribution in [0.25, 0.3) is 0 Å². The number of hydrogen-bond acceptors (Lipinski definition) is 7. The number of fused-ring (bicyclic) bond motifs is 2. The summed E-state index contributed by atoms with van der Waals surface area (Å²) in [6.07, 6.45) is 7.33. The molecule has 5 rings (SSSR count). The highest BCUT2D eigenvalue weighted by molar-refractivity contribution is 9.11. The fourth-order valence-corrected chi connectivity index (χ4v) is 8.08. The summed E-state index contributed by atoms with van der Waals surface area (Å²) < 4.78 is 13.4. The van der Waals surface area contributed by atoms with E-state index in [1.54, 1.807) is 16.7 Å². The lowest BCUT2D eigenvalue weighted by atomic mass is 9.74. The third-order valence-electron chi connectivity index (χ3n) is 9.48. The molecule has 1 unspecified atom stereocenters. The first-order valence-corrected chi connectivity index (χ1v) is 16.9. The molecule has 0 aliphatic carbocycles. The molecular weight excluding hydrogens is 642 g/mol. The smallest absolute Gasteiger partial charge is 0.313 e. The summed E-state index contributed by atoms with van der Waals surface area (Å²) in [4.78, 5) is 59.6. The minimum Gasteiger partial charge on any atom is -0.455 e. The molecule has 4 aliphatic rings. The molecule has 1 aromatic carbocycles. The van der Waals surface area contributed by atoms with Gasteiger partial charge in [0.25, 0.3) is 0 Å². The predicted molar refractivity (Wildman–Crippen MR) is 171 cm³/mol. The number of carbonyl (C=O) groups is 4. The van der Waals surface area contributed by atoms with Gasteiger partial charge < -0.3 is 29.7 Å². The van der Waals surface area contributed by atoms with Crippen molar-refractivity contribution in [2.24, 2.45) is 11.8 Å². The molecule has 5 bridgehead atoms. The number of esters is 1. The number of likely N-dealkylation sites (tertiary alicyclic amines) is 1. The first-order chi connectivity index (χ1) is 21.6. The van der Waals surface area contributed by atoms with Gasteiger partial charge in [-0.2, -0.15) is 0 Å². The third-order valence-corrected chi connectivity index (χ3v) is 10.2. The molecule has 0 aromatic heterocycles. The standard InChI is InChI=1S/C34H44BrN3O7/c1-4-13-21(2)37-17-10-6-9-16-25(40)36-22(3)28(23-14-7-5-8-15-23)44-33(43)26-27-31(41)38(18-11-12-19-39)30(32(37)42)34(27)20-24(35)29(26)45-34/h5-8,10,14-15,20-22,26-30,39H,4,9,11-13,16-19H2,1-3H3,(H,36,40)/b10-6-/t21?,22-,26+,27-,28+,29+,30+,34-/m1/s1. The first-order valence-electron chi connectivity index (χ1n) is 16.1. The number of ether oxygens (including phenoxy) is 2. The number of allylic oxidation sites excluding steroid dienone is 1. The maximum atomic E-state index is 14.7. The van der Waals surface area contributed by atoms with Gasteiger partial charge in [-0.15, -0.1) is 0 Å². The molecule has 0 radical (unpaired) electrons. The Balaban J connectivity index is 1.60. The molecule has 3 amide bonds. The Morgan fingerprint density at radius 3 is 2.56 bits per heavy atom. The lowest BCUT2D eigenvalue weighted by Crippen LogP contribution is -2.57. The van der Waals surface area contributed by atoms with E-state index in [1.165, 1.54) is 0 Å². The van der Waals surface area contributed by atoms with Gasteiger partial charge in [-0.3, -0.25) is 19.2 Å². The number of nitrogens with one attached hydrogen (secondary N) is 1. The van der Waals surface area contributed by atoms with E-state index >= 15 is 0 Å². The summed E-state index contributed by atoms with van der Waals surface area (Å²) in [6.45, 7) is 6.38. The van der Waals surface area contributed by atoms with Gasteiger partial charge in [-0.05, 0) is 51.2 Å². The van der Waals surface area contributed by atoms with Gasteiger partial charge in [0.1, 0.15) is 29.8 Å². The second kappa shape index (κ2) is 14.2. The molecule has 10 nitrogen and oxygen atoms in total. The van der Waals surface area contributed by atoms with Crippen LogP contribution in [0.15, 0.2) is 53.0 Å². The van der Waals surface area contributed by atoms with Crippen molar-refractivity contribution in [3.63, 3.8) is 0 Å². The van der Waals surface area contributed by atoms with Crippen LogP contribution >= 0.6 is 15.9 Å². The van der Waals surface area contributed by atoms with Gasteiger partial charge >= 0.3 is 5.97 Å². The monoisotopic (exact) mass is 685 g/mol. The average Bonchev–Trinajstić information content (AvgIpc) is 3.60. The fourth-order valence-electron chi connectivity index (χ4n) is 7.35. The van der Waals surface area contributed by atoms with Gasteiger partial charge in [0, 0.05) is 36.6 Å². The van der Waals surface area contributed by atoms with Crippen LogP contribution in [0.2, 0.25) is 0 Å². The van der Waals surface area contributed by atoms with E-state index in [2.05, 4.69) is 28.2 Å². The highest BCUT2D eigenvalue weighted by atomic mass is 79.9. The van der Waals surface area contributed by atoms with Gasteiger partial charge in [0.2, 0.25) is 17.7 Å². The highest BCUT2D eigenvalue weighted by Crippen LogP contribution is 2.59. The Morgan fingerprint density at radius 1 is 1.09 bits per heavy atom. The van der Waals surface area contributed by atoms with E-state index in [4.69, 9.17) is 9.47 Å². The van der Waals surface area contributed by atoms with Crippen molar-refractivity contribution in [2.75, 3.05) is 19.7 Å². The van der Waals surface area contributed by atoms with Gasteiger partial charge in [-0.1, -0.05) is 71.8 Å². The molecule has 0 saturated carbocycles. The largest absolute Gasteiger partial charge is 0.455 e.